The zero-order valence-corrected chi connectivity index (χ0v) is 27.8. The fraction of sp³-hybridized carbons (Fsp3) is 0.737. The van der Waals surface area contributed by atoms with E-state index in [0.717, 1.165) is 36.9 Å². The number of aromatic nitrogens is 2. The van der Waals surface area contributed by atoms with Crippen LogP contribution in [-0.2, 0) is 13.1 Å². The summed E-state index contributed by atoms with van der Waals surface area (Å²) in [6.07, 6.45) is 38.4. The molecule has 0 fully saturated rings. The van der Waals surface area contributed by atoms with Crippen LogP contribution in [0.25, 0.3) is 0 Å². The molecule has 4 heteroatoms. The Morgan fingerprint density at radius 1 is 0.381 bits per heavy atom. The highest BCUT2D eigenvalue weighted by Crippen LogP contribution is 2.10. The van der Waals surface area contributed by atoms with Crippen molar-refractivity contribution in [1.29, 1.82) is 0 Å². The molecule has 0 radical (unpaired) electrons. The summed E-state index contributed by atoms with van der Waals surface area (Å²) in [5, 5.41) is 2.27. The van der Waals surface area contributed by atoms with Gasteiger partial charge in [-0.25, -0.2) is 0 Å². The molecule has 0 aliphatic heterocycles. The summed E-state index contributed by atoms with van der Waals surface area (Å²) in [7, 11) is 0. The van der Waals surface area contributed by atoms with E-state index < -0.39 is 0 Å². The third-order valence-corrected chi connectivity index (χ3v) is 8.44. The second-order valence-electron chi connectivity index (χ2n) is 12.4. The van der Waals surface area contributed by atoms with Gasteiger partial charge in [0.15, 0.2) is 0 Å². The molecule has 0 N–H and O–H groups in total. The first-order valence-corrected chi connectivity index (χ1v) is 18.1. The maximum Gasteiger partial charge on any atom is 0.0603 e. The predicted molar refractivity (Wildman–Crippen MR) is 183 cm³/mol. The largest absolute Gasteiger partial charge is 0.354 e. The molecule has 2 heterocycles. The van der Waals surface area contributed by atoms with Gasteiger partial charge in [-0.1, -0.05) is 129 Å². The summed E-state index contributed by atoms with van der Waals surface area (Å²) in [4.78, 5) is 9.52. The lowest BCUT2D eigenvalue weighted by Gasteiger charge is -2.07. The van der Waals surface area contributed by atoms with Crippen LogP contribution in [0.15, 0.2) is 59.0 Å². The Morgan fingerprint density at radius 3 is 1.00 bits per heavy atom. The maximum absolute atomic E-state index is 4.76. The topological polar surface area (TPSA) is 34.6 Å². The van der Waals surface area contributed by atoms with Crippen molar-refractivity contribution in [3.05, 3.63) is 59.8 Å². The van der Waals surface area contributed by atoms with Crippen molar-refractivity contribution in [1.82, 2.24) is 9.13 Å². The Hall–Kier alpha value is -2.10. The lowest BCUT2D eigenvalue weighted by molar-refractivity contribution is 0.524. The minimum atomic E-state index is 0.972. The number of hydrogen-bond acceptors (Lipinski definition) is 2. The number of unbranched alkanes of at least 4 members (excludes halogenated alkanes) is 19. The summed E-state index contributed by atoms with van der Waals surface area (Å²) >= 11 is 0. The van der Waals surface area contributed by atoms with E-state index in [1.165, 1.54) is 141 Å². The molecule has 0 saturated carbocycles. The zero-order chi connectivity index (χ0) is 29.8. The van der Waals surface area contributed by atoms with E-state index in [4.69, 9.17) is 9.98 Å². The number of aryl methyl sites for hydroxylation is 2. The van der Waals surface area contributed by atoms with E-state index in [-0.39, 0.29) is 0 Å². The molecule has 0 atom stereocenters. The molecule has 2 aromatic rings. The Balaban J connectivity index is 1.41. The smallest absolute Gasteiger partial charge is 0.0603 e. The monoisotopic (exact) mass is 579 g/mol. The average Bonchev–Trinajstić information content (AvgIpc) is 3.02. The van der Waals surface area contributed by atoms with Gasteiger partial charge >= 0.3 is 0 Å². The van der Waals surface area contributed by atoms with Crippen molar-refractivity contribution in [3.63, 3.8) is 0 Å². The molecular weight excluding hydrogens is 512 g/mol. The van der Waals surface area contributed by atoms with Gasteiger partial charge in [-0.3, -0.25) is 9.98 Å². The van der Waals surface area contributed by atoms with Crippen LogP contribution in [0.5, 0.6) is 0 Å². The van der Waals surface area contributed by atoms with Crippen molar-refractivity contribution >= 4 is 0 Å². The minimum Gasteiger partial charge on any atom is -0.354 e. The highest BCUT2D eigenvalue weighted by molar-refractivity contribution is 4.94. The SMILES string of the molecule is CCCCCCCCCN=c1ccn(CCCCCCCCCCn2ccc(=NCCCCCCCCC)cc2)cc1. The second-order valence-corrected chi connectivity index (χ2v) is 12.4. The molecule has 2 aromatic heterocycles. The number of nitrogens with zero attached hydrogens (tertiary/aromatic N) is 4. The summed E-state index contributed by atoms with van der Waals surface area (Å²) < 4.78 is 4.64. The van der Waals surface area contributed by atoms with Crippen molar-refractivity contribution in [3.8, 4) is 0 Å². The Labute approximate surface area is 259 Å². The minimum absolute atomic E-state index is 0.972. The fourth-order valence-corrected chi connectivity index (χ4v) is 5.61. The van der Waals surface area contributed by atoms with Crippen molar-refractivity contribution in [2.75, 3.05) is 13.1 Å². The van der Waals surface area contributed by atoms with Crippen LogP contribution >= 0.6 is 0 Å². The van der Waals surface area contributed by atoms with Gasteiger partial charge in [0.2, 0.25) is 0 Å². The van der Waals surface area contributed by atoms with Gasteiger partial charge in [0.1, 0.15) is 0 Å². The molecule has 0 aliphatic rings. The standard InChI is InChI=1S/C38H66N4/c1-3-5-7-9-13-17-21-29-39-37-25-33-41(34-26-37)31-23-19-15-11-12-16-20-24-32-42-35-27-38(28-36-42)40-30-22-18-14-10-8-6-4-2/h25-28,33-36H,3-24,29-32H2,1-2H3. The van der Waals surface area contributed by atoms with Crippen molar-refractivity contribution in [2.24, 2.45) is 9.98 Å². The summed E-state index contributed by atoms with van der Waals surface area (Å²) in [5.74, 6) is 0. The number of pyridine rings is 2. The maximum atomic E-state index is 4.76. The molecule has 0 spiro atoms. The molecule has 0 unspecified atom stereocenters. The lowest BCUT2D eigenvalue weighted by Crippen LogP contribution is -2.06. The van der Waals surface area contributed by atoms with Gasteiger partial charge in [0, 0.05) is 51.0 Å². The molecule has 0 amide bonds. The van der Waals surface area contributed by atoms with Crippen LogP contribution < -0.4 is 10.7 Å². The van der Waals surface area contributed by atoms with Gasteiger partial charge in [0.05, 0.1) is 10.7 Å². The van der Waals surface area contributed by atoms with Gasteiger partial charge in [-0.05, 0) is 49.9 Å². The molecule has 0 bridgehead atoms. The molecule has 2 rings (SSSR count). The first-order valence-electron chi connectivity index (χ1n) is 18.1. The van der Waals surface area contributed by atoms with Crippen molar-refractivity contribution < 1.29 is 0 Å². The Kier molecular flexibility index (Phi) is 22.8. The van der Waals surface area contributed by atoms with Crippen LogP contribution in [0, 0.1) is 0 Å². The van der Waals surface area contributed by atoms with Gasteiger partial charge < -0.3 is 9.13 Å². The Bertz CT molecular complexity index is 880. The van der Waals surface area contributed by atoms with E-state index in [2.05, 4.69) is 72.0 Å². The molecule has 0 aliphatic carbocycles. The summed E-state index contributed by atoms with van der Waals surface area (Å²) in [6, 6.07) is 8.73. The molecular formula is C38H66N4. The molecule has 42 heavy (non-hydrogen) atoms. The van der Waals surface area contributed by atoms with E-state index >= 15 is 0 Å². The van der Waals surface area contributed by atoms with E-state index in [0.29, 0.717) is 0 Å². The molecule has 4 nitrogen and oxygen atoms in total. The zero-order valence-electron chi connectivity index (χ0n) is 27.8. The highest BCUT2D eigenvalue weighted by atomic mass is 14.9. The second kappa shape index (κ2) is 26.5. The van der Waals surface area contributed by atoms with E-state index in [1.807, 2.05) is 0 Å². The van der Waals surface area contributed by atoms with Crippen molar-refractivity contribution in [2.45, 2.75) is 168 Å². The Morgan fingerprint density at radius 2 is 0.667 bits per heavy atom. The summed E-state index contributed by atoms with van der Waals surface area (Å²) in [5.41, 5.74) is 0. The first kappa shape index (κ1) is 36.1. The highest BCUT2D eigenvalue weighted by Gasteiger charge is 1.96. The van der Waals surface area contributed by atoms with Gasteiger partial charge in [-0.15, -0.1) is 0 Å². The third kappa shape index (κ3) is 19.9. The first-order chi connectivity index (χ1) is 20.8. The number of hydrogen-bond donors (Lipinski definition) is 0. The van der Waals surface area contributed by atoms with Gasteiger partial charge in [-0.2, -0.15) is 0 Å². The quantitative estimate of drug-likeness (QED) is 0.0945. The van der Waals surface area contributed by atoms with Crippen LogP contribution in [0.1, 0.15) is 155 Å². The van der Waals surface area contributed by atoms with Crippen LogP contribution in [0.4, 0.5) is 0 Å². The van der Waals surface area contributed by atoms with E-state index in [1.54, 1.807) is 0 Å². The molecule has 238 valence electrons. The lowest BCUT2D eigenvalue weighted by atomic mass is 10.1. The van der Waals surface area contributed by atoms with Crippen LogP contribution in [-0.4, -0.2) is 22.2 Å². The normalized spacial score (nSPS) is 11.2. The van der Waals surface area contributed by atoms with E-state index in [9.17, 15) is 0 Å². The van der Waals surface area contributed by atoms with Gasteiger partial charge in [0.25, 0.3) is 0 Å². The third-order valence-electron chi connectivity index (χ3n) is 8.44. The molecule has 0 aromatic carbocycles. The van der Waals surface area contributed by atoms with Crippen LogP contribution in [0.3, 0.4) is 0 Å². The number of rotatable bonds is 27. The fourth-order valence-electron chi connectivity index (χ4n) is 5.61. The summed E-state index contributed by atoms with van der Waals surface area (Å²) in [6.45, 7) is 8.75. The van der Waals surface area contributed by atoms with Crippen LogP contribution in [0.2, 0.25) is 0 Å². The average molecular weight is 579 g/mol. The molecule has 0 saturated heterocycles. The predicted octanol–water partition coefficient (Wildman–Crippen LogP) is 10.4.